The first-order valence-corrected chi connectivity index (χ1v) is 8.74. The molecule has 1 aromatic carbocycles. The van der Waals surface area contributed by atoms with E-state index in [0.717, 1.165) is 16.5 Å². The molecule has 0 spiro atoms. The lowest BCUT2D eigenvalue weighted by Gasteiger charge is -2.29. The molecule has 0 aliphatic heterocycles. The number of rotatable bonds is 6. The molecule has 0 fully saturated rings. The van der Waals surface area contributed by atoms with E-state index in [1.54, 1.807) is 19.2 Å². The van der Waals surface area contributed by atoms with Gasteiger partial charge in [-0.2, -0.15) is 13.2 Å². The number of anilines is 1. The van der Waals surface area contributed by atoms with Gasteiger partial charge >= 0.3 is 6.18 Å². The zero-order valence-electron chi connectivity index (χ0n) is 15.4. The highest BCUT2D eigenvalue weighted by Gasteiger charge is 2.35. The highest BCUT2D eigenvalue weighted by molar-refractivity contribution is 5.94. The van der Waals surface area contributed by atoms with Crippen LogP contribution in [0, 0.1) is 0 Å². The van der Waals surface area contributed by atoms with Crippen molar-refractivity contribution in [3.05, 3.63) is 42.7 Å². The molecule has 3 rings (SSSR count). The Labute approximate surface area is 159 Å². The summed E-state index contributed by atoms with van der Waals surface area (Å²) in [5.41, 5.74) is 0.472. The van der Waals surface area contributed by atoms with Gasteiger partial charge < -0.3 is 15.6 Å². The Bertz CT molecular complexity index is 985. The summed E-state index contributed by atoms with van der Waals surface area (Å²) in [7, 11) is 0. The Morgan fingerprint density at radius 2 is 1.96 bits per heavy atom. The van der Waals surface area contributed by atoms with Gasteiger partial charge in [0.15, 0.2) is 5.82 Å². The number of amides is 1. The molecule has 0 aliphatic carbocycles. The van der Waals surface area contributed by atoms with Crippen molar-refractivity contribution < 1.29 is 18.0 Å². The van der Waals surface area contributed by atoms with Crippen LogP contribution in [-0.4, -0.2) is 39.1 Å². The first kappa shape index (κ1) is 19.7. The number of para-hydroxylation sites is 1. The third kappa shape index (κ3) is 4.24. The molecule has 6 nitrogen and oxygen atoms in total. The Kier molecular flexibility index (Phi) is 5.26. The van der Waals surface area contributed by atoms with Crippen molar-refractivity contribution in [1.29, 1.82) is 0 Å². The number of fused-ring (bicyclic) bond motifs is 1. The maximum atomic E-state index is 12.4. The van der Waals surface area contributed by atoms with Crippen LogP contribution >= 0.6 is 0 Å². The number of carbonyl (C=O) groups is 1. The molecule has 3 aromatic rings. The van der Waals surface area contributed by atoms with Gasteiger partial charge in [0.25, 0.3) is 0 Å². The largest absolute Gasteiger partial charge is 0.405 e. The average Bonchev–Trinajstić information content (AvgIpc) is 3.09. The van der Waals surface area contributed by atoms with Crippen molar-refractivity contribution in [2.45, 2.75) is 32.0 Å². The molecule has 0 bridgehead atoms. The molecule has 0 saturated carbocycles. The molecule has 2 heterocycles. The predicted octanol–water partition coefficient (Wildman–Crippen LogP) is 3.88. The second-order valence-corrected chi connectivity index (χ2v) is 6.62. The highest BCUT2D eigenvalue weighted by Crippen LogP contribution is 2.27. The molecule has 1 atom stereocenters. The number of benzene rings is 1. The number of nitrogens with one attached hydrogen (secondary N) is 3. The number of alkyl halides is 3. The van der Waals surface area contributed by atoms with Crippen LogP contribution in [0.1, 0.15) is 20.3 Å². The first-order chi connectivity index (χ1) is 13.2. The Morgan fingerprint density at radius 3 is 2.68 bits per heavy atom. The average molecular weight is 391 g/mol. The molecule has 0 aliphatic rings. The molecular weight excluding hydrogens is 371 g/mol. The fourth-order valence-corrected chi connectivity index (χ4v) is 2.78. The summed E-state index contributed by atoms with van der Waals surface area (Å²) in [6.07, 6.45) is -0.875. The second-order valence-electron chi connectivity index (χ2n) is 6.62. The van der Waals surface area contributed by atoms with Crippen molar-refractivity contribution in [2.24, 2.45) is 0 Å². The van der Waals surface area contributed by atoms with E-state index in [-0.39, 0.29) is 6.42 Å². The Hall–Kier alpha value is -3.10. The first-order valence-electron chi connectivity index (χ1n) is 8.74. The van der Waals surface area contributed by atoms with Crippen LogP contribution in [-0.2, 0) is 4.79 Å². The fraction of sp³-hybridized carbons (Fsp3) is 0.316. The smallest absolute Gasteiger partial charge is 0.360 e. The molecule has 3 N–H and O–H groups in total. The van der Waals surface area contributed by atoms with Gasteiger partial charge in [0.2, 0.25) is 5.91 Å². The molecule has 0 radical (unpaired) electrons. The monoisotopic (exact) mass is 391 g/mol. The van der Waals surface area contributed by atoms with Gasteiger partial charge in [-0.05, 0) is 25.5 Å². The van der Waals surface area contributed by atoms with Crippen LogP contribution in [0.15, 0.2) is 42.7 Å². The van der Waals surface area contributed by atoms with Gasteiger partial charge in [0.05, 0.1) is 0 Å². The SMILES string of the molecule is CCC(C)(Nc1ccnc(-c2c[nH]c3ccccc23)n1)C(=O)NCC(F)(F)F. The van der Waals surface area contributed by atoms with E-state index in [1.807, 2.05) is 29.6 Å². The normalized spacial score (nSPS) is 13.9. The number of H-pyrrole nitrogens is 1. The molecule has 148 valence electrons. The molecule has 1 unspecified atom stereocenters. The lowest BCUT2D eigenvalue weighted by atomic mass is 9.97. The lowest BCUT2D eigenvalue weighted by molar-refractivity contribution is -0.140. The molecule has 9 heteroatoms. The summed E-state index contributed by atoms with van der Waals surface area (Å²) in [5, 5.41) is 5.82. The van der Waals surface area contributed by atoms with Gasteiger partial charge in [0, 0.05) is 28.9 Å². The van der Waals surface area contributed by atoms with Crippen molar-refractivity contribution in [3.63, 3.8) is 0 Å². The Balaban J connectivity index is 1.84. The summed E-state index contributed by atoms with van der Waals surface area (Å²) in [5.74, 6) is 0.0398. The van der Waals surface area contributed by atoms with Gasteiger partial charge in [-0.25, -0.2) is 9.97 Å². The van der Waals surface area contributed by atoms with Crippen LogP contribution < -0.4 is 10.6 Å². The van der Waals surface area contributed by atoms with Crippen LogP contribution in [0.2, 0.25) is 0 Å². The summed E-state index contributed by atoms with van der Waals surface area (Å²) in [4.78, 5) is 24.2. The van der Waals surface area contributed by atoms with Crippen molar-refractivity contribution >= 4 is 22.6 Å². The zero-order chi connectivity index (χ0) is 20.4. The molecule has 2 aromatic heterocycles. The lowest BCUT2D eigenvalue weighted by Crippen LogP contribution is -2.52. The summed E-state index contributed by atoms with van der Waals surface area (Å²) in [6, 6.07) is 9.25. The summed E-state index contributed by atoms with van der Waals surface area (Å²) >= 11 is 0. The molecule has 1 amide bonds. The van der Waals surface area contributed by atoms with Crippen LogP contribution in [0.3, 0.4) is 0 Å². The summed E-state index contributed by atoms with van der Waals surface area (Å²) in [6.45, 7) is 1.86. The fourth-order valence-electron chi connectivity index (χ4n) is 2.78. The number of aromatic nitrogens is 3. The third-order valence-electron chi connectivity index (χ3n) is 4.55. The Morgan fingerprint density at radius 1 is 1.21 bits per heavy atom. The van der Waals surface area contributed by atoms with Crippen LogP contribution in [0.5, 0.6) is 0 Å². The predicted molar refractivity (Wildman–Crippen MR) is 101 cm³/mol. The van der Waals surface area contributed by atoms with Crippen LogP contribution in [0.25, 0.3) is 22.3 Å². The topological polar surface area (TPSA) is 82.7 Å². The van der Waals surface area contributed by atoms with E-state index in [1.165, 1.54) is 13.1 Å². The van der Waals surface area contributed by atoms with E-state index < -0.39 is 24.2 Å². The minimum atomic E-state index is -4.47. The van der Waals surface area contributed by atoms with Crippen molar-refractivity contribution in [2.75, 3.05) is 11.9 Å². The van der Waals surface area contributed by atoms with Gasteiger partial charge in [0.1, 0.15) is 17.9 Å². The molecule has 0 saturated heterocycles. The van der Waals surface area contributed by atoms with Gasteiger partial charge in [-0.15, -0.1) is 0 Å². The number of aromatic amines is 1. The standard InChI is InChI=1S/C19H20F3N5O/c1-3-18(2,17(28)25-11-19(20,21)22)27-15-8-9-23-16(26-15)13-10-24-14-7-5-4-6-12(13)14/h4-10,24H,3,11H2,1-2H3,(H,25,28)(H,23,26,27). The van der Waals surface area contributed by atoms with E-state index in [4.69, 9.17) is 0 Å². The number of hydrogen-bond donors (Lipinski definition) is 3. The second kappa shape index (κ2) is 7.49. The van der Waals surface area contributed by atoms with Gasteiger partial charge in [-0.3, -0.25) is 4.79 Å². The van der Waals surface area contributed by atoms with Crippen LogP contribution in [0.4, 0.5) is 19.0 Å². The highest BCUT2D eigenvalue weighted by atomic mass is 19.4. The molecule has 28 heavy (non-hydrogen) atoms. The minimum absolute atomic E-state index is 0.267. The maximum Gasteiger partial charge on any atom is 0.405 e. The van der Waals surface area contributed by atoms with Crippen molar-refractivity contribution in [1.82, 2.24) is 20.3 Å². The maximum absolute atomic E-state index is 12.4. The van der Waals surface area contributed by atoms with E-state index >= 15 is 0 Å². The number of nitrogens with zero attached hydrogens (tertiary/aromatic N) is 2. The number of halogens is 3. The molecular formula is C19H20F3N5O. The number of hydrogen-bond acceptors (Lipinski definition) is 4. The van der Waals surface area contributed by atoms with Gasteiger partial charge in [-0.1, -0.05) is 25.1 Å². The van der Waals surface area contributed by atoms with Crippen molar-refractivity contribution in [3.8, 4) is 11.4 Å². The van der Waals surface area contributed by atoms with E-state index in [2.05, 4.69) is 20.3 Å². The quantitative estimate of drug-likeness (QED) is 0.596. The minimum Gasteiger partial charge on any atom is -0.360 e. The van der Waals surface area contributed by atoms with E-state index in [0.29, 0.717) is 11.6 Å². The number of carbonyl (C=O) groups excluding carboxylic acids is 1. The summed E-state index contributed by atoms with van der Waals surface area (Å²) < 4.78 is 37.2. The zero-order valence-corrected chi connectivity index (χ0v) is 15.4. The van der Waals surface area contributed by atoms with E-state index in [9.17, 15) is 18.0 Å². The third-order valence-corrected chi connectivity index (χ3v) is 4.55.